The van der Waals surface area contributed by atoms with Gasteiger partial charge in [-0.25, -0.2) is 0 Å². The third-order valence-electron chi connectivity index (χ3n) is 8.79. The van der Waals surface area contributed by atoms with Gasteiger partial charge in [0.15, 0.2) is 23.0 Å². The van der Waals surface area contributed by atoms with Crippen molar-refractivity contribution in [3.63, 3.8) is 0 Å². The second kappa shape index (κ2) is 17.5. The number of carbonyl (C=O) groups excluding carboxylic acids is 3. The van der Waals surface area contributed by atoms with Crippen LogP contribution in [0.25, 0.3) is 10.4 Å². The zero-order chi connectivity index (χ0) is 39.6. The molecule has 5 aromatic rings. The summed E-state index contributed by atoms with van der Waals surface area (Å²) < 4.78 is 20.9. The molecule has 0 atom stereocenters. The molecule has 3 amide bonds. The van der Waals surface area contributed by atoms with E-state index in [0.29, 0.717) is 45.5 Å². The molecule has 12 heteroatoms. The molecule has 0 unspecified atom stereocenters. The van der Waals surface area contributed by atoms with Crippen molar-refractivity contribution in [2.45, 2.75) is 38.5 Å². The predicted molar refractivity (Wildman–Crippen MR) is 212 cm³/mol. The molecule has 0 saturated heterocycles. The lowest BCUT2D eigenvalue weighted by Gasteiger charge is -2.21. The average molecular weight is 749 g/mol. The first-order chi connectivity index (χ1) is 25.7. The molecule has 4 N–H and O–H groups in total. The molecule has 0 aliphatic heterocycles. The van der Waals surface area contributed by atoms with E-state index in [-0.39, 0.29) is 11.8 Å². The minimum absolute atomic E-state index is 0.254. The number of hydrogen-bond acceptors (Lipinski definition) is 9. The highest BCUT2D eigenvalue weighted by Crippen LogP contribution is 2.37. The van der Waals surface area contributed by atoms with Crippen molar-refractivity contribution >= 4 is 40.4 Å². The summed E-state index contributed by atoms with van der Waals surface area (Å²) in [4.78, 5) is 37.7. The number of nitrogens with one attached hydrogen (secondary N) is 2. The SMILES string of the molecule is COc1ccc(C(=O)Nc2ccc(C(C)(C)C#N)c(-c3cccs3)c2)cc1OC.COc1ccc(C(=O)Nc2ccc(C(C)(C)C(N)=O)cc2)cc1OC. The van der Waals surface area contributed by atoms with Crippen LogP contribution in [0, 0.1) is 11.3 Å². The molecule has 0 bridgehead atoms. The smallest absolute Gasteiger partial charge is 0.255 e. The van der Waals surface area contributed by atoms with E-state index in [9.17, 15) is 19.6 Å². The van der Waals surface area contributed by atoms with Gasteiger partial charge in [0, 0.05) is 27.4 Å². The van der Waals surface area contributed by atoms with E-state index in [1.165, 1.54) is 21.3 Å². The number of methoxy groups -OCH3 is 4. The van der Waals surface area contributed by atoms with Crippen molar-refractivity contribution in [2.75, 3.05) is 39.1 Å². The van der Waals surface area contributed by atoms with Gasteiger partial charge < -0.3 is 35.3 Å². The van der Waals surface area contributed by atoms with Gasteiger partial charge in [-0.3, -0.25) is 14.4 Å². The summed E-state index contributed by atoms with van der Waals surface area (Å²) >= 11 is 1.60. The Kier molecular flexibility index (Phi) is 13.1. The van der Waals surface area contributed by atoms with Crippen LogP contribution in [0.15, 0.2) is 96.4 Å². The number of rotatable bonds is 12. The van der Waals surface area contributed by atoms with E-state index in [0.717, 1.165) is 21.6 Å². The zero-order valence-corrected chi connectivity index (χ0v) is 32.3. The van der Waals surface area contributed by atoms with Gasteiger partial charge in [0.1, 0.15) is 0 Å². The number of nitriles is 1. The molecule has 280 valence electrons. The average Bonchev–Trinajstić information content (AvgIpc) is 3.73. The van der Waals surface area contributed by atoms with E-state index >= 15 is 0 Å². The molecule has 0 fully saturated rings. The molecule has 0 saturated carbocycles. The fourth-order valence-electron chi connectivity index (χ4n) is 5.34. The van der Waals surface area contributed by atoms with Crippen LogP contribution < -0.4 is 35.3 Å². The van der Waals surface area contributed by atoms with Gasteiger partial charge in [-0.2, -0.15) is 5.26 Å². The van der Waals surface area contributed by atoms with Crippen molar-refractivity contribution in [3.8, 4) is 39.5 Å². The maximum atomic E-state index is 12.8. The molecule has 0 spiro atoms. The lowest BCUT2D eigenvalue weighted by molar-refractivity contribution is -0.122. The van der Waals surface area contributed by atoms with Crippen LogP contribution in [0.3, 0.4) is 0 Å². The van der Waals surface area contributed by atoms with Crippen LogP contribution in [0.1, 0.15) is 59.5 Å². The van der Waals surface area contributed by atoms with Crippen molar-refractivity contribution in [2.24, 2.45) is 5.73 Å². The number of benzene rings is 4. The Morgan fingerprint density at radius 3 is 1.61 bits per heavy atom. The Morgan fingerprint density at radius 2 is 1.17 bits per heavy atom. The monoisotopic (exact) mass is 748 g/mol. The van der Waals surface area contributed by atoms with Crippen LogP contribution in [0.4, 0.5) is 11.4 Å². The first-order valence-corrected chi connectivity index (χ1v) is 17.6. The molecule has 1 heterocycles. The highest BCUT2D eigenvalue weighted by atomic mass is 32.1. The van der Waals surface area contributed by atoms with E-state index in [1.54, 1.807) is 93.0 Å². The lowest BCUT2D eigenvalue weighted by atomic mass is 9.82. The third-order valence-corrected chi connectivity index (χ3v) is 9.69. The molecule has 0 aliphatic rings. The number of nitrogens with zero attached hydrogens (tertiary/aromatic N) is 1. The molecule has 54 heavy (non-hydrogen) atoms. The number of hydrogen-bond donors (Lipinski definition) is 3. The molecule has 1 aromatic heterocycles. The second-order valence-electron chi connectivity index (χ2n) is 13.1. The Balaban J connectivity index is 0.000000244. The maximum absolute atomic E-state index is 12.8. The number of anilines is 2. The van der Waals surface area contributed by atoms with Gasteiger partial charge >= 0.3 is 0 Å². The largest absolute Gasteiger partial charge is 0.493 e. The summed E-state index contributed by atoms with van der Waals surface area (Å²) in [5.74, 6) is 1.15. The predicted octanol–water partition coefficient (Wildman–Crippen LogP) is 8.20. The van der Waals surface area contributed by atoms with Gasteiger partial charge in [-0.15, -0.1) is 11.3 Å². The van der Waals surface area contributed by atoms with Crippen molar-refractivity contribution < 1.29 is 33.3 Å². The van der Waals surface area contributed by atoms with Gasteiger partial charge in [-0.05, 0) is 116 Å². The molecule has 11 nitrogen and oxygen atoms in total. The number of primary amides is 1. The van der Waals surface area contributed by atoms with Crippen molar-refractivity contribution in [3.05, 3.63) is 119 Å². The molecular formula is C42H44N4O7S. The number of thiophene rings is 1. The van der Waals surface area contributed by atoms with Crippen LogP contribution >= 0.6 is 11.3 Å². The Hall–Kier alpha value is -6.32. The zero-order valence-electron chi connectivity index (χ0n) is 31.5. The fraction of sp³-hybridized carbons (Fsp3) is 0.238. The summed E-state index contributed by atoms with van der Waals surface area (Å²) in [5.41, 5.74) is 8.82. The first kappa shape index (κ1) is 40.5. The van der Waals surface area contributed by atoms with Crippen molar-refractivity contribution in [1.82, 2.24) is 0 Å². The van der Waals surface area contributed by atoms with E-state index in [1.807, 2.05) is 49.6 Å². The van der Waals surface area contributed by atoms with Crippen LogP contribution in [-0.2, 0) is 15.6 Å². The quantitative estimate of drug-likeness (QED) is 0.115. The van der Waals surface area contributed by atoms with Crippen LogP contribution in [-0.4, -0.2) is 46.2 Å². The highest BCUT2D eigenvalue weighted by Gasteiger charge is 2.27. The summed E-state index contributed by atoms with van der Waals surface area (Å²) in [7, 11) is 6.13. The van der Waals surface area contributed by atoms with Gasteiger partial charge in [0.25, 0.3) is 11.8 Å². The Bertz CT molecular complexity index is 2150. The molecule has 0 radical (unpaired) electrons. The van der Waals surface area contributed by atoms with E-state index in [2.05, 4.69) is 16.7 Å². The minimum Gasteiger partial charge on any atom is -0.493 e. The minimum atomic E-state index is -0.772. The Labute approximate surface area is 319 Å². The summed E-state index contributed by atoms with van der Waals surface area (Å²) in [5, 5.41) is 17.3. The first-order valence-electron chi connectivity index (χ1n) is 16.8. The topological polar surface area (TPSA) is 162 Å². The van der Waals surface area contributed by atoms with Crippen LogP contribution in [0.2, 0.25) is 0 Å². The second-order valence-corrected chi connectivity index (χ2v) is 14.0. The lowest BCUT2D eigenvalue weighted by Crippen LogP contribution is -2.35. The van der Waals surface area contributed by atoms with Gasteiger partial charge in [-0.1, -0.05) is 24.3 Å². The summed E-state index contributed by atoms with van der Waals surface area (Å²) in [6.45, 7) is 7.29. The summed E-state index contributed by atoms with van der Waals surface area (Å²) in [6.07, 6.45) is 0. The number of ether oxygens (including phenoxy) is 4. The van der Waals surface area contributed by atoms with E-state index < -0.39 is 16.7 Å². The molecule has 5 rings (SSSR count). The number of carbonyl (C=O) groups is 3. The van der Waals surface area contributed by atoms with Gasteiger partial charge in [0.05, 0.1) is 45.3 Å². The molecule has 4 aromatic carbocycles. The molecular weight excluding hydrogens is 705 g/mol. The number of amides is 3. The maximum Gasteiger partial charge on any atom is 0.255 e. The normalized spacial score (nSPS) is 10.9. The van der Waals surface area contributed by atoms with Crippen molar-refractivity contribution in [1.29, 1.82) is 5.26 Å². The van der Waals surface area contributed by atoms with E-state index in [4.69, 9.17) is 24.7 Å². The van der Waals surface area contributed by atoms with Crippen LogP contribution in [0.5, 0.6) is 23.0 Å². The third kappa shape index (κ3) is 9.36. The molecule has 0 aliphatic carbocycles. The standard InChI is InChI=1S/C23H22N2O3S.C19H22N2O4/c1-23(2,14-24)18-9-8-16(13-17(18)21-6-5-11-29-21)25-22(26)15-7-10-19(27-3)20(12-15)28-4;1-19(2,18(20)23)13-6-8-14(9-7-13)21-17(22)12-5-10-15(24-3)16(11-12)25-4/h5-13H,1-4H3,(H,25,26);5-11H,1-4H3,(H2,20,23)(H,21,22). The van der Waals surface area contributed by atoms with Gasteiger partial charge in [0.2, 0.25) is 5.91 Å². The highest BCUT2D eigenvalue weighted by molar-refractivity contribution is 7.13. The Morgan fingerprint density at radius 1 is 0.667 bits per heavy atom. The number of nitrogens with two attached hydrogens (primary N) is 1. The fourth-order valence-corrected chi connectivity index (χ4v) is 6.09. The summed E-state index contributed by atoms with van der Waals surface area (Å²) in [6, 6.07) is 29.0.